The number of H-pyrrole nitrogens is 1. The molecule has 8 nitrogen and oxygen atoms in total. The highest BCUT2D eigenvalue weighted by atomic mass is 16.5. The van der Waals surface area contributed by atoms with E-state index in [1.165, 1.54) is 6.42 Å². The van der Waals surface area contributed by atoms with Crippen molar-refractivity contribution in [1.29, 1.82) is 0 Å². The van der Waals surface area contributed by atoms with Gasteiger partial charge in [0.05, 0.1) is 33.4 Å². The van der Waals surface area contributed by atoms with Gasteiger partial charge in [0.2, 0.25) is 11.8 Å². The third-order valence-corrected chi connectivity index (χ3v) is 7.79. The number of fused-ring (bicyclic) bond motifs is 1. The van der Waals surface area contributed by atoms with Gasteiger partial charge in [0.15, 0.2) is 0 Å². The molecule has 5 rings (SSSR count). The summed E-state index contributed by atoms with van der Waals surface area (Å²) in [7, 11) is 4.72. The Kier molecular flexibility index (Phi) is 8.77. The van der Waals surface area contributed by atoms with Crippen LogP contribution >= 0.6 is 0 Å². The fraction of sp³-hybridized carbons (Fsp3) is 0.333. The van der Waals surface area contributed by atoms with Crippen LogP contribution in [-0.2, 0) is 16.0 Å². The standard InChI is InChI=1S/C33H37N3O5/c1-39-26-15-13-22(14-16-26)32(33(38)35-24-9-5-4-6-10-24)36(25-18-27(40-2)20-28(19-25)41-3)31(37)17-23-21-34-30-12-8-7-11-29(23)30/h7-8,11-16,18-21,24,32,34H,4-6,9-10,17H2,1-3H3,(H,35,38)/t32-/m1/s1. The fourth-order valence-electron chi connectivity index (χ4n) is 5.63. The van der Waals surface area contributed by atoms with Crippen LogP contribution in [0.3, 0.4) is 0 Å². The molecule has 0 unspecified atom stereocenters. The molecule has 3 aromatic carbocycles. The number of nitrogens with zero attached hydrogens (tertiary/aromatic N) is 1. The number of hydrogen-bond acceptors (Lipinski definition) is 5. The summed E-state index contributed by atoms with van der Waals surface area (Å²) in [5, 5.41) is 4.23. The molecule has 0 bridgehead atoms. The van der Waals surface area contributed by atoms with Crippen LogP contribution in [-0.4, -0.2) is 44.2 Å². The first-order chi connectivity index (χ1) is 20.0. The highest BCUT2D eigenvalue weighted by molar-refractivity contribution is 6.03. The predicted molar refractivity (Wildman–Crippen MR) is 160 cm³/mol. The summed E-state index contributed by atoms with van der Waals surface area (Å²) >= 11 is 0. The average molecular weight is 556 g/mol. The minimum atomic E-state index is -0.933. The zero-order valence-electron chi connectivity index (χ0n) is 23.8. The lowest BCUT2D eigenvalue weighted by molar-refractivity contribution is -0.127. The summed E-state index contributed by atoms with van der Waals surface area (Å²) in [6.45, 7) is 0. The molecule has 1 aliphatic carbocycles. The first kappa shape index (κ1) is 28.1. The van der Waals surface area contributed by atoms with E-state index in [2.05, 4.69) is 10.3 Å². The van der Waals surface area contributed by atoms with Gasteiger partial charge in [-0.2, -0.15) is 0 Å². The van der Waals surface area contributed by atoms with Gasteiger partial charge < -0.3 is 24.5 Å². The molecule has 1 aliphatic rings. The van der Waals surface area contributed by atoms with Crippen molar-refractivity contribution in [3.8, 4) is 17.2 Å². The second-order valence-corrected chi connectivity index (χ2v) is 10.4. The number of carbonyl (C=O) groups is 2. The van der Waals surface area contributed by atoms with Crippen molar-refractivity contribution in [3.05, 3.63) is 84.1 Å². The lowest BCUT2D eigenvalue weighted by Crippen LogP contribution is -2.47. The van der Waals surface area contributed by atoms with Crippen LogP contribution in [0.2, 0.25) is 0 Å². The molecule has 8 heteroatoms. The highest BCUT2D eigenvalue weighted by Crippen LogP contribution is 2.36. The van der Waals surface area contributed by atoms with Gasteiger partial charge in [-0.1, -0.05) is 49.6 Å². The Morgan fingerprint density at radius 3 is 2.20 bits per heavy atom. The van der Waals surface area contributed by atoms with Crippen LogP contribution in [0.15, 0.2) is 72.9 Å². The molecule has 1 fully saturated rings. The third-order valence-electron chi connectivity index (χ3n) is 7.79. The number of aromatic nitrogens is 1. The van der Waals surface area contributed by atoms with Gasteiger partial charge in [-0.05, 0) is 42.2 Å². The van der Waals surface area contributed by atoms with Gasteiger partial charge in [-0.3, -0.25) is 14.5 Å². The molecule has 1 atom stereocenters. The van der Waals surface area contributed by atoms with E-state index in [0.29, 0.717) is 28.5 Å². The number of carbonyl (C=O) groups excluding carboxylic acids is 2. The third kappa shape index (κ3) is 6.32. The normalized spacial score (nSPS) is 14.3. The van der Waals surface area contributed by atoms with Crippen molar-refractivity contribution in [3.63, 3.8) is 0 Å². The monoisotopic (exact) mass is 555 g/mol. The molecule has 2 N–H and O–H groups in total. The molecule has 0 aliphatic heterocycles. The van der Waals surface area contributed by atoms with Crippen molar-refractivity contribution < 1.29 is 23.8 Å². The molecular weight excluding hydrogens is 518 g/mol. The first-order valence-electron chi connectivity index (χ1n) is 14.0. The van der Waals surface area contributed by atoms with Crippen molar-refractivity contribution in [2.45, 2.75) is 50.6 Å². The van der Waals surface area contributed by atoms with E-state index < -0.39 is 6.04 Å². The number of hydrogen-bond donors (Lipinski definition) is 2. The molecule has 214 valence electrons. The quantitative estimate of drug-likeness (QED) is 0.252. The summed E-state index contributed by atoms with van der Waals surface area (Å²) in [4.78, 5) is 33.5. The van der Waals surface area contributed by atoms with E-state index in [0.717, 1.165) is 42.1 Å². The van der Waals surface area contributed by atoms with Crippen molar-refractivity contribution in [2.75, 3.05) is 26.2 Å². The smallest absolute Gasteiger partial charge is 0.248 e. The number of amides is 2. The Morgan fingerprint density at radius 1 is 0.878 bits per heavy atom. The minimum Gasteiger partial charge on any atom is -0.497 e. The molecular formula is C33H37N3O5. The lowest BCUT2D eigenvalue weighted by atomic mass is 9.94. The van der Waals surface area contributed by atoms with Crippen molar-refractivity contribution in [1.82, 2.24) is 10.3 Å². The molecule has 0 saturated heterocycles. The maximum absolute atomic E-state index is 14.4. The second-order valence-electron chi connectivity index (χ2n) is 10.4. The highest BCUT2D eigenvalue weighted by Gasteiger charge is 2.35. The molecule has 0 radical (unpaired) electrons. The number of methoxy groups -OCH3 is 3. The molecule has 4 aromatic rings. The van der Waals surface area contributed by atoms with Crippen LogP contribution < -0.4 is 24.4 Å². The van der Waals surface area contributed by atoms with Crippen LogP contribution in [0, 0.1) is 0 Å². The average Bonchev–Trinajstić information content (AvgIpc) is 3.42. The summed E-state index contributed by atoms with van der Waals surface area (Å²) in [6.07, 6.45) is 7.13. The Bertz CT molecular complexity index is 1470. The minimum absolute atomic E-state index is 0.0717. The number of benzene rings is 3. The Labute approximate surface area is 240 Å². The number of ether oxygens (including phenoxy) is 3. The summed E-state index contributed by atoms with van der Waals surface area (Å²) in [6, 6.07) is 19.6. The van der Waals surface area contributed by atoms with Gasteiger partial charge in [-0.15, -0.1) is 0 Å². The van der Waals surface area contributed by atoms with Crippen molar-refractivity contribution >= 4 is 28.4 Å². The van der Waals surface area contributed by atoms with E-state index in [4.69, 9.17) is 14.2 Å². The largest absolute Gasteiger partial charge is 0.497 e. The molecule has 1 aromatic heterocycles. The van der Waals surface area contributed by atoms with E-state index in [1.54, 1.807) is 44.4 Å². The zero-order valence-corrected chi connectivity index (χ0v) is 23.8. The van der Waals surface area contributed by atoms with Crippen LogP contribution in [0.4, 0.5) is 5.69 Å². The summed E-state index contributed by atoms with van der Waals surface area (Å²) < 4.78 is 16.5. The lowest BCUT2D eigenvalue weighted by Gasteiger charge is -2.34. The van der Waals surface area contributed by atoms with Crippen LogP contribution in [0.5, 0.6) is 17.2 Å². The maximum Gasteiger partial charge on any atom is 0.248 e. The SMILES string of the molecule is COc1ccc([C@H](C(=O)NC2CCCCC2)N(C(=O)Cc2c[nH]c3ccccc23)c2cc(OC)cc(OC)c2)cc1. The fourth-order valence-corrected chi connectivity index (χ4v) is 5.63. The van der Waals surface area contributed by atoms with E-state index in [-0.39, 0.29) is 24.3 Å². The number of aromatic amines is 1. The number of nitrogens with one attached hydrogen (secondary N) is 2. The molecule has 2 amide bonds. The van der Waals surface area contributed by atoms with Gasteiger partial charge in [0, 0.05) is 41.3 Å². The molecule has 41 heavy (non-hydrogen) atoms. The predicted octanol–water partition coefficient (Wildman–Crippen LogP) is 5.96. The Hall–Kier alpha value is -4.46. The summed E-state index contributed by atoms with van der Waals surface area (Å²) in [5.74, 6) is 1.25. The Balaban J connectivity index is 1.61. The van der Waals surface area contributed by atoms with Gasteiger partial charge in [0.1, 0.15) is 23.3 Å². The maximum atomic E-state index is 14.4. The van der Waals surface area contributed by atoms with Crippen LogP contribution in [0.1, 0.15) is 49.3 Å². The van der Waals surface area contributed by atoms with Gasteiger partial charge in [0.25, 0.3) is 0 Å². The molecule has 1 saturated carbocycles. The number of rotatable bonds is 10. The van der Waals surface area contributed by atoms with Crippen molar-refractivity contribution in [2.24, 2.45) is 0 Å². The molecule has 1 heterocycles. The van der Waals surface area contributed by atoms with Gasteiger partial charge >= 0.3 is 0 Å². The summed E-state index contributed by atoms with van der Waals surface area (Å²) in [5.41, 5.74) is 2.98. The zero-order chi connectivity index (χ0) is 28.8. The van der Waals surface area contributed by atoms with E-state index >= 15 is 0 Å². The number of anilines is 1. The topological polar surface area (TPSA) is 92.9 Å². The number of para-hydroxylation sites is 1. The Morgan fingerprint density at radius 2 is 1.54 bits per heavy atom. The van der Waals surface area contributed by atoms with Crippen LogP contribution in [0.25, 0.3) is 10.9 Å². The van der Waals surface area contributed by atoms with Gasteiger partial charge in [-0.25, -0.2) is 0 Å². The second kappa shape index (κ2) is 12.8. The van der Waals surface area contributed by atoms with E-state index in [1.807, 2.05) is 54.7 Å². The molecule has 0 spiro atoms. The first-order valence-corrected chi connectivity index (χ1v) is 14.0. The van der Waals surface area contributed by atoms with E-state index in [9.17, 15) is 9.59 Å².